The second-order valence-corrected chi connectivity index (χ2v) is 4.92. The van der Waals surface area contributed by atoms with Gasteiger partial charge < -0.3 is 4.52 Å². The molecule has 0 bridgehead atoms. The molecule has 0 aliphatic rings. The molecule has 1 unspecified atom stereocenters. The first-order chi connectivity index (χ1) is 8.00. The Bertz CT molecular complexity index is 426. The molecule has 1 rings (SSSR count). The maximum Gasteiger partial charge on any atom is 0.529 e. The molecule has 0 heterocycles. The molecule has 1 aromatic rings. The van der Waals surface area contributed by atoms with Crippen molar-refractivity contribution in [3.8, 4) is 5.75 Å². The third-order valence-electron chi connectivity index (χ3n) is 1.99. The highest BCUT2D eigenvalue weighted by Crippen LogP contribution is 2.48. The number of ketones is 1. The summed E-state index contributed by atoms with van der Waals surface area (Å²) in [6, 6.07) is 6.26. The van der Waals surface area contributed by atoms with E-state index in [1.54, 1.807) is 31.2 Å². The van der Waals surface area contributed by atoms with Gasteiger partial charge in [-0.25, -0.2) is 4.57 Å². The number of Topliss-reactive ketones (excluding diaryl/α,β-unsaturated/α-hetero) is 1. The zero-order valence-corrected chi connectivity index (χ0v) is 10.9. The third-order valence-corrected chi connectivity index (χ3v) is 3.44. The van der Waals surface area contributed by atoms with Crippen LogP contribution < -0.4 is 4.52 Å². The summed E-state index contributed by atoms with van der Waals surface area (Å²) in [6.45, 7) is 3.38. The van der Waals surface area contributed by atoms with E-state index in [1.807, 2.05) is 0 Å². The number of phosphoric acid groups is 1. The standard InChI is InChI=1S/C11H15O5P/c1-4-15-17(13,14-3)16-11-7-5-10(6-8-11)9(2)12/h5-8H,4H2,1-3H3. The summed E-state index contributed by atoms with van der Waals surface area (Å²) in [5.41, 5.74) is 0.556. The van der Waals surface area contributed by atoms with Gasteiger partial charge >= 0.3 is 7.82 Å². The Labute approximate surface area is 100 Å². The average Bonchev–Trinajstić information content (AvgIpc) is 2.30. The second kappa shape index (κ2) is 5.96. The van der Waals surface area contributed by atoms with Crippen molar-refractivity contribution in [3.63, 3.8) is 0 Å². The predicted molar refractivity (Wildman–Crippen MR) is 63.3 cm³/mol. The molecule has 1 aromatic carbocycles. The van der Waals surface area contributed by atoms with Crippen molar-refractivity contribution >= 4 is 13.6 Å². The first kappa shape index (κ1) is 13.9. The minimum atomic E-state index is -3.55. The number of benzene rings is 1. The Balaban J connectivity index is 2.81. The van der Waals surface area contributed by atoms with Gasteiger partial charge in [0.1, 0.15) is 5.75 Å². The van der Waals surface area contributed by atoms with Crippen LogP contribution in [0.2, 0.25) is 0 Å². The van der Waals surface area contributed by atoms with Gasteiger partial charge in [-0.1, -0.05) is 0 Å². The summed E-state index contributed by atoms with van der Waals surface area (Å²) < 4.78 is 26.6. The van der Waals surface area contributed by atoms with Gasteiger partial charge in [-0.05, 0) is 38.1 Å². The molecule has 94 valence electrons. The van der Waals surface area contributed by atoms with Gasteiger partial charge in [0.15, 0.2) is 5.78 Å². The van der Waals surface area contributed by atoms with E-state index in [4.69, 9.17) is 13.6 Å². The van der Waals surface area contributed by atoms with Gasteiger partial charge in [-0.2, -0.15) is 0 Å². The molecule has 0 fully saturated rings. The smallest absolute Gasteiger partial charge is 0.404 e. The summed E-state index contributed by atoms with van der Waals surface area (Å²) in [5.74, 6) is 0.282. The van der Waals surface area contributed by atoms with Crippen LogP contribution in [0.5, 0.6) is 5.75 Å². The third kappa shape index (κ3) is 3.97. The van der Waals surface area contributed by atoms with Crippen molar-refractivity contribution in [2.75, 3.05) is 13.7 Å². The van der Waals surface area contributed by atoms with E-state index in [2.05, 4.69) is 0 Å². The van der Waals surface area contributed by atoms with Gasteiger partial charge in [0.25, 0.3) is 0 Å². The van der Waals surface area contributed by atoms with Gasteiger partial charge in [0, 0.05) is 12.7 Å². The molecule has 0 amide bonds. The summed E-state index contributed by atoms with van der Waals surface area (Å²) in [7, 11) is -2.30. The van der Waals surface area contributed by atoms with Crippen molar-refractivity contribution in [2.24, 2.45) is 0 Å². The second-order valence-electron chi connectivity index (χ2n) is 3.22. The van der Waals surface area contributed by atoms with Crippen LogP contribution in [0.25, 0.3) is 0 Å². The Kier molecular flexibility index (Phi) is 4.87. The molecule has 6 heteroatoms. The quantitative estimate of drug-likeness (QED) is 0.579. The van der Waals surface area contributed by atoms with E-state index in [0.717, 1.165) is 0 Å². The molecule has 0 N–H and O–H groups in total. The van der Waals surface area contributed by atoms with E-state index in [9.17, 15) is 9.36 Å². The van der Waals surface area contributed by atoms with Crippen LogP contribution in [0, 0.1) is 0 Å². The highest BCUT2D eigenvalue weighted by atomic mass is 31.2. The van der Waals surface area contributed by atoms with E-state index < -0.39 is 7.82 Å². The Morgan fingerprint density at radius 2 is 1.88 bits per heavy atom. The van der Waals surface area contributed by atoms with Crippen LogP contribution in [-0.4, -0.2) is 19.5 Å². The van der Waals surface area contributed by atoms with Gasteiger partial charge in [-0.3, -0.25) is 13.8 Å². The molecule has 0 radical (unpaired) electrons. The van der Waals surface area contributed by atoms with Crippen LogP contribution in [0.1, 0.15) is 24.2 Å². The first-order valence-corrected chi connectivity index (χ1v) is 6.57. The lowest BCUT2D eigenvalue weighted by Gasteiger charge is -2.15. The number of carbonyl (C=O) groups is 1. The lowest BCUT2D eigenvalue weighted by Crippen LogP contribution is -2.00. The normalized spacial score (nSPS) is 14.1. The zero-order valence-electron chi connectivity index (χ0n) is 10.0. The first-order valence-electron chi connectivity index (χ1n) is 5.11. The Morgan fingerprint density at radius 1 is 1.29 bits per heavy atom. The zero-order chi connectivity index (χ0) is 12.9. The number of hydrogen-bond donors (Lipinski definition) is 0. The van der Waals surface area contributed by atoms with Crippen molar-refractivity contribution in [3.05, 3.63) is 29.8 Å². The van der Waals surface area contributed by atoms with E-state index in [0.29, 0.717) is 11.3 Å². The van der Waals surface area contributed by atoms with Crippen LogP contribution >= 0.6 is 7.82 Å². The predicted octanol–water partition coefficient (Wildman–Crippen LogP) is 3.06. The number of rotatable bonds is 6. The van der Waals surface area contributed by atoms with Crippen LogP contribution in [0.4, 0.5) is 0 Å². The SMILES string of the molecule is CCOP(=O)(OC)Oc1ccc(C(C)=O)cc1. The molecule has 0 saturated heterocycles. The van der Waals surface area contributed by atoms with Crippen molar-refractivity contribution in [1.29, 1.82) is 0 Å². The summed E-state index contributed by atoms with van der Waals surface area (Å²) in [5, 5.41) is 0. The molecule has 0 aromatic heterocycles. The van der Waals surface area contributed by atoms with Gasteiger partial charge in [0.05, 0.1) is 6.61 Å². The minimum Gasteiger partial charge on any atom is -0.404 e. The van der Waals surface area contributed by atoms with Gasteiger partial charge in [-0.15, -0.1) is 0 Å². The van der Waals surface area contributed by atoms with Gasteiger partial charge in [0.2, 0.25) is 0 Å². The van der Waals surface area contributed by atoms with E-state index in [-0.39, 0.29) is 12.4 Å². The van der Waals surface area contributed by atoms with Crippen LogP contribution in [0.15, 0.2) is 24.3 Å². The largest absolute Gasteiger partial charge is 0.529 e. The Hall–Kier alpha value is -1.16. The summed E-state index contributed by atoms with van der Waals surface area (Å²) in [4.78, 5) is 11.1. The lowest BCUT2D eigenvalue weighted by molar-refractivity contribution is 0.101. The number of hydrogen-bond acceptors (Lipinski definition) is 5. The fraction of sp³-hybridized carbons (Fsp3) is 0.364. The molecule has 0 aliphatic heterocycles. The van der Waals surface area contributed by atoms with E-state index in [1.165, 1.54) is 14.0 Å². The molecular weight excluding hydrogens is 243 g/mol. The number of phosphoric ester groups is 1. The maximum absolute atomic E-state index is 11.8. The highest BCUT2D eigenvalue weighted by Gasteiger charge is 2.25. The van der Waals surface area contributed by atoms with Crippen LogP contribution in [0.3, 0.4) is 0 Å². The maximum atomic E-state index is 11.8. The van der Waals surface area contributed by atoms with Crippen LogP contribution in [-0.2, 0) is 13.6 Å². The number of carbonyl (C=O) groups excluding carboxylic acids is 1. The molecular formula is C11H15O5P. The molecule has 0 aliphatic carbocycles. The fourth-order valence-electron chi connectivity index (χ4n) is 1.15. The molecule has 5 nitrogen and oxygen atoms in total. The monoisotopic (exact) mass is 258 g/mol. The van der Waals surface area contributed by atoms with E-state index >= 15 is 0 Å². The summed E-state index contributed by atoms with van der Waals surface area (Å²) in [6.07, 6.45) is 0. The molecule has 0 saturated carbocycles. The molecule has 1 atom stereocenters. The average molecular weight is 258 g/mol. The minimum absolute atomic E-state index is 0.0451. The molecule has 17 heavy (non-hydrogen) atoms. The van der Waals surface area contributed by atoms with Crippen molar-refractivity contribution in [1.82, 2.24) is 0 Å². The lowest BCUT2D eigenvalue weighted by atomic mass is 10.1. The van der Waals surface area contributed by atoms with Crippen molar-refractivity contribution in [2.45, 2.75) is 13.8 Å². The summed E-state index contributed by atoms with van der Waals surface area (Å²) >= 11 is 0. The van der Waals surface area contributed by atoms with Crippen molar-refractivity contribution < 1.29 is 22.9 Å². The molecule has 0 spiro atoms. The Morgan fingerprint density at radius 3 is 2.29 bits per heavy atom. The highest BCUT2D eigenvalue weighted by molar-refractivity contribution is 7.48. The fourth-order valence-corrected chi connectivity index (χ4v) is 2.08. The topological polar surface area (TPSA) is 61.8 Å².